The van der Waals surface area contributed by atoms with Crippen molar-refractivity contribution in [3.05, 3.63) is 52.1 Å². The first-order valence-corrected chi connectivity index (χ1v) is 9.91. The van der Waals surface area contributed by atoms with E-state index in [1.807, 2.05) is 0 Å². The number of rotatable bonds is 5. The number of carbonyl (C=O) groups is 1. The predicted molar refractivity (Wildman–Crippen MR) is 103 cm³/mol. The summed E-state index contributed by atoms with van der Waals surface area (Å²) in [5, 5.41) is 17.3. The normalized spacial score (nSPS) is 22.2. The lowest BCUT2D eigenvalue weighted by molar-refractivity contribution is -0.199. The van der Waals surface area contributed by atoms with Crippen LogP contribution in [0.3, 0.4) is 0 Å². The Labute approximate surface area is 176 Å². The smallest absolute Gasteiger partial charge is 0.388 e. The lowest BCUT2D eigenvalue weighted by Gasteiger charge is -2.37. The van der Waals surface area contributed by atoms with Crippen molar-refractivity contribution >= 4 is 17.5 Å². The Bertz CT molecular complexity index is 914. The molecular weight excluding hydrogens is 426 g/mol. The Morgan fingerprint density at radius 3 is 2.67 bits per heavy atom. The number of amides is 1. The second-order valence-electron chi connectivity index (χ2n) is 7.78. The molecule has 2 aromatic rings. The first-order chi connectivity index (χ1) is 14.0. The number of hydrogen-bond acceptors (Lipinski definition) is 3. The van der Waals surface area contributed by atoms with Crippen molar-refractivity contribution in [3.8, 4) is 0 Å². The molecule has 0 bridgehead atoms. The van der Waals surface area contributed by atoms with Gasteiger partial charge in [-0.25, -0.2) is 9.07 Å². The fourth-order valence-electron chi connectivity index (χ4n) is 3.79. The minimum absolute atomic E-state index is 0.0269. The van der Waals surface area contributed by atoms with Gasteiger partial charge in [-0.1, -0.05) is 23.7 Å². The van der Waals surface area contributed by atoms with Gasteiger partial charge in [0.25, 0.3) is 5.91 Å². The maximum Gasteiger partial charge on any atom is 0.391 e. The molecule has 1 aromatic carbocycles. The summed E-state index contributed by atoms with van der Waals surface area (Å²) < 4.78 is 53.5. The number of aryl methyl sites for hydroxylation is 1. The van der Waals surface area contributed by atoms with Crippen molar-refractivity contribution in [1.82, 2.24) is 15.1 Å². The number of halogens is 5. The summed E-state index contributed by atoms with van der Waals surface area (Å²) >= 11 is 6.30. The molecule has 10 heteroatoms. The molecule has 0 aliphatic heterocycles. The minimum atomic E-state index is -4.38. The van der Waals surface area contributed by atoms with E-state index in [2.05, 4.69) is 10.4 Å². The van der Waals surface area contributed by atoms with E-state index in [9.17, 15) is 27.5 Å². The van der Waals surface area contributed by atoms with Crippen LogP contribution in [0.4, 0.5) is 17.6 Å². The molecule has 164 valence electrons. The molecule has 0 radical (unpaired) electrons. The fourth-order valence-corrected chi connectivity index (χ4v) is 4.11. The van der Waals surface area contributed by atoms with Crippen LogP contribution >= 0.6 is 11.6 Å². The van der Waals surface area contributed by atoms with Crippen molar-refractivity contribution in [2.75, 3.05) is 6.54 Å². The van der Waals surface area contributed by atoms with Crippen LogP contribution in [0.15, 0.2) is 24.3 Å². The van der Waals surface area contributed by atoms with Gasteiger partial charge in [0, 0.05) is 6.54 Å². The topological polar surface area (TPSA) is 67.2 Å². The molecule has 1 fully saturated rings. The van der Waals surface area contributed by atoms with Crippen LogP contribution in [-0.2, 0) is 6.54 Å². The van der Waals surface area contributed by atoms with E-state index < -0.39 is 30.0 Å². The summed E-state index contributed by atoms with van der Waals surface area (Å²) in [5.41, 5.74) is -0.477. The highest BCUT2D eigenvalue weighted by Gasteiger charge is 2.47. The van der Waals surface area contributed by atoms with Gasteiger partial charge in [-0.05, 0) is 50.3 Å². The van der Waals surface area contributed by atoms with Crippen LogP contribution in [0.1, 0.15) is 47.3 Å². The standard InChI is InChI=1S/C20H22ClF4N3O2/c1-12-16(17(21)28(27-12)10-13-4-6-15(22)7-5-13)18(29)26-11-19(30)8-2-3-14(9-19)20(23,24)25/h4-7,14,30H,2-3,8-11H2,1H3,(H,26,29). The van der Waals surface area contributed by atoms with Crippen LogP contribution in [-0.4, -0.2) is 39.1 Å². The molecule has 30 heavy (non-hydrogen) atoms. The average molecular weight is 448 g/mol. The Morgan fingerprint density at radius 2 is 2.03 bits per heavy atom. The molecule has 0 saturated heterocycles. The molecular formula is C20H22ClF4N3O2. The zero-order chi connectivity index (χ0) is 22.1. The summed E-state index contributed by atoms with van der Waals surface area (Å²) in [6.45, 7) is 1.48. The number of hydrogen-bond donors (Lipinski definition) is 2. The Hall–Kier alpha value is -2.13. The highest BCUT2D eigenvalue weighted by atomic mass is 35.5. The Morgan fingerprint density at radius 1 is 1.37 bits per heavy atom. The van der Waals surface area contributed by atoms with Crippen molar-refractivity contribution in [2.45, 2.75) is 50.9 Å². The second kappa shape index (κ2) is 8.55. The molecule has 0 spiro atoms. The summed E-state index contributed by atoms with van der Waals surface area (Å²) in [7, 11) is 0. The Kier molecular flexibility index (Phi) is 6.43. The van der Waals surface area contributed by atoms with Crippen molar-refractivity contribution in [3.63, 3.8) is 0 Å². The molecule has 1 aromatic heterocycles. The molecule has 1 aliphatic rings. The lowest BCUT2D eigenvalue weighted by Crippen LogP contribution is -2.48. The van der Waals surface area contributed by atoms with Gasteiger partial charge in [-0.3, -0.25) is 4.79 Å². The number of carbonyl (C=O) groups excluding carboxylic acids is 1. The third kappa shape index (κ3) is 5.13. The van der Waals surface area contributed by atoms with Gasteiger partial charge in [0.1, 0.15) is 11.0 Å². The second-order valence-corrected chi connectivity index (χ2v) is 8.14. The fraction of sp³-hybridized carbons (Fsp3) is 0.500. The SMILES string of the molecule is Cc1nn(Cc2ccc(F)cc2)c(Cl)c1C(=O)NCC1(O)CCCC(C(F)(F)F)C1. The first-order valence-electron chi connectivity index (χ1n) is 9.53. The highest BCUT2D eigenvalue weighted by Crippen LogP contribution is 2.41. The van der Waals surface area contributed by atoms with Crippen LogP contribution in [0.2, 0.25) is 5.15 Å². The molecule has 2 N–H and O–H groups in total. The first kappa shape index (κ1) is 22.6. The third-order valence-electron chi connectivity index (χ3n) is 5.40. The van der Waals surface area contributed by atoms with Gasteiger partial charge in [-0.2, -0.15) is 18.3 Å². The summed E-state index contributed by atoms with van der Waals surface area (Å²) in [6.07, 6.45) is -4.45. The lowest BCUT2D eigenvalue weighted by atomic mass is 9.77. The van der Waals surface area contributed by atoms with Crippen LogP contribution in [0, 0.1) is 18.7 Å². The number of alkyl halides is 3. The van der Waals surface area contributed by atoms with E-state index in [4.69, 9.17) is 11.6 Å². The molecule has 1 heterocycles. The van der Waals surface area contributed by atoms with Crippen LogP contribution in [0.25, 0.3) is 0 Å². The number of nitrogens with one attached hydrogen (secondary N) is 1. The summed E-state index contributed by atoms with van der Waals surface area (Å²) in [6, 6.07) is 5.73. The predicted octanol–water partition coefficient (Wildman–Crippen LogP) is 4.25. The highest BCUT2D eigenvalue weighted by molar-refractivity contribution is 6.33. The average Bonchev–Trinajstić information content (AvgIpc) is 2.94. The maximum atomic E-state index is 13.1. The monoisotopic (exact) mass is 447 g/mol. The van der Waals surface area contributed by atoms with E-state index in [1.54, 1.807) is 19.1 Å². The van der Waals surface area contributed by atoms with E-state index in [0.29, 0.717) is 5.69 Å². The van der Waals surface area contributed by atoms with Crippen LogP contribution in [0.5, 0.6) is 0 Å². The van der Waals surface area contributed by atoms with Gasteiger partial charge < -0.3 is 10.4 Å². The third-order valence-corrected chi connectivity index (χ3v) is 5.78. The van der Waals surface area contributed by atoms with Gasteiger partial charge >= 0.3 is 6.18 Å². The molecule has 3 rings (SSSR count). The maximum absolute atomic E-state index is 13.1. The molecule has 1 amide bonds. The summed E-state index contributed by atoms with van der Waals surface area (Å²) in [4.78, 5) is 12.6. The number of aromatic nitrogens is 2. The molecule has 5 nitrogen and oxygen atoms in total. The van der Waals surface area contributed by atoms with Crippen molar-refractivity contribution in [1.29, 1.82) is 0 Å². The Balaban J connectivity index is 1.68. The van der Waals surface area contributed by atoms with E-state index in [1.165, 1.54) is 16.8 Å². The minimum Gasteiger partial charge on any atom is -0.388 e. The quantitative estimate of drug-likeness (QED) is 0.673. The molecule has 1 saturated carbocycles. The zero-order valence-corrected chi connectivity index (χ0v) is 17.0. The summed E-state index contributed by atoms with van der Waals surface area (Å²) in [5.74, 6) is -2.59. The van der Waals surface area contributed by atoms with E-state index >= 15 is 0 Å². The van der Waals surface area contributed by atoms with Crippen LogP contribution < -0.4 is 5.32 Å². The zero-order valence-electron chi connectivity index (χ0n) is 16.3. The molecule has 2 atom stereocenters. The van der Waals surface area contributed by atoms with Gasteiger partial charge in [0.2, 0.25) is 0 Å². The van der Waals surface area contributed by atoms with Gasteiger partial charge in [0.15, 0.2) is 0 Å². The number of nitrogens with zero attached hydrogens (tertiary/aromatic N) is 2. The molecule has 1 aliphatic carbocycles. The van der Waals surface area contributed by atoms with Gasteiger partial charge in [0.05, 0.1) is 29.3 Å². The number of aliphatic hydroxyl groups is 1. The van der Waals surface area contributed by atoms with Gasteiger partial charge in [-0.15, -0.1) is 0 Å². The van der Waals surface area contributed by atoms with E-state index in [0.717, 1.165) is 5.56 Å². The van der Waals surface area contributed by atoms with Crippen molar-refractivity contribution in [2.24, 2.45) is 5.92 Å². The molecule has 2 unspecified atom stereocenters. The largest absolute Gasteiger partial charge is 0.391 e. The van der Waals surface area contributed by atoms with Crippen molar-refractivity contribution < 1.29 is 27.5 Å². The number of benzene rings is 1. The van der Waals surface area contributed by atoms with E-state index in [-0.39, 0.29) is 48.9 Å².